The van der Waals surface area contributed by atoms with Crippen LogP contribution in [-0.2, 0) is 4.74 Å². The number of hydrogen-bond donors (Lipinski definition) is 1. The van der Waals surface area contributed by atoms with Crippen molar-refractivity contribution in [1.82, 2.24) is 5.32 Å². The van der Waals surface area contributed by atoms with Crippen LogP contribution in [0.5, 0.6) is 0 Å². The van der Waals surface area contributed by atoms with Crippen molar-refractivity contribution in [2.24, 2.45) is 4.99 Å². The van der Waals surface area contributed by atoms with Crippen LogP contribution in [0.25, 0.3) is 0 Å². The average Bonchev–Trinajstić information content (AvgIpc) is 2.45. The lowest BCUT2D eigenvalue weighted by Gasteiger charge is -2.08. The van der Waals surface area contributed by atoms with Crippen LogP contribution in [0.2, 0.25) is 0 Å². The van der Waals surface area contributed by atoms with E-state index in [0.29, 0.717) is 6.61 Å². The molecule has 0 atom stereocenters. The molecule has 0 aromatic rings. The van der Waals surface area contributed by atoms with Crippen molar-refractivity contribution in [2.45, 2.75) is 32.6 Å². The monoisotopic (exact) mass is 210 g/mol. The fourth-order valence-electron chi connectivity index (χ4n) is 1.53. The summed E-state index contributed by atoms with van der Waals surface area (Å²) in [5.41, 5.74) is 1.07. The zero-order valence-corrected chi connectivity index (χ0v) is 9.72. The summed E-state index contributed by atoms with van der Waals surface area (Å²) >= 11 is 0. The molecule has 0 radical (unpaired) electrons. The van der Waals surface area contributed by atoms with Gasteiger partial charge in [0.2, 0.25) is 0 Å². The molecular formula is C12H22N2O. The van der Waals surface area contributed by atoms with Crippen molar-refractivity contribution >= 4 is 5.84 Å². The van der Waals surface area contributed by atoms with Gasteiger partial charge >= 0.3 is 0 Å². The van der Waals surface area contributed by atoms with E-state index in [9.17, 15) is 0 Å². The molecule has 0 bridgehead atoms. The van der Waals surface area contributed by atoms with E-state index in [1.807, 2.05) is 6.92 Å². The van der Waals surface area contributed by atoms with Crippen LogP contribution in [0.1, 0.15) is 32.6 Å². The summed E-state index contributed by atoms with van der Waals surface area (Å²) < 4.78 is 5.40. The first-order valence-electron chi connectivity index (χ1n) is 5.78. The maximum atomic E-state index is 5.40. The summed E-state index contributed by atoms with van der Waals surface area (Å²) in [7, 11) is 0. The zero-order valence-electron chi connectivity index (χ0n) is 9.72. The second-order valence-corrected chi connectivity index (χ2v) is 4.08. The summed E-state index contributed by atoms with van der Waals surface area (Å²) in [4.78, 5) is 4.49. The molecule has 0 amide bonds. The molecule has 0 saturated carbocycles. The lowest BCUT2D eigenvalue weighted by Crippen LogP contribution is -2.27. The molecule has 0 spiro atoms. The molecule has 3 nitrogen and oxygen atoms in total. The number of aliphatic imine (C=N–C) groups is 1. The first kappa shape index (κ1) is 12.2. The lowest BCUT2D eigenvalue weighted by molar-refractivity contribution is 0.161. The van der Waals surface area contributed by atoms with Gasteiger partial charge in [0.15, 0.2) is 0 Å². The van der Waals surface area contributed by atoms with E-state index in [2.05, 4.69) is 16.9 Å². The second-order valence-electron chi connectivity index (χ2n) is 4.08. The van der Waals surface area contributed by atoms with E-state index in [0.717, 1.165) is 37.5 Å². The minimum atomic E-state index is 0.661. The number of amidine groups is 1. The standard InChI is InChI=1S/C12H22N2O/c1-11(2)10-15-9-8-14-12-6-4-3-5-7-13-12/h1,3-10H2,2H3,(H,13,14). The van der Waals surface area contributed by atoms with Crippen molar-refractivity contribution in [3.8, 4) is 0 Å². The zero-order chi connectivity index (χ0) is 10.9. The Morgan fingerprint density at radius 1 is 1.47 bits per heavy atom. The molecule has 0 unspecified atom stereocenters. The highest BCUT2D eigenvalue weighted by Gasteiger charge is 2.02. The molecule has 0 aromatic carbocycles. The number of rotatable bonds is 5. The summed E-state index contributed by atoms with van der Waals surface area (Å²) in [6.45, 7) is 8.98. The van der Waals surface area contributed by atoms with E-state index in [1.54, 1.807) is 0 Å². The minimum absolute atomic E-state index is 0.661. The van der Waals surface area contributed by atoms with E-state index < -0.39 is 0 Å². The average molecular weight is 210 g/mol. The van der Waals surface area contributed by atoms with E-state index in [-0.39, 0.29) is 0 Å². The highest BCUT2D eigenvalue weighted by Crippen LogP contribution is 2.05. The topological polar surface area (TPSA) is 33.6 Å². The Kier molecular flexibility index (Phi) is 6.09. The van der Waals surface area contributed by atoms with Gasteiger partial charge in [0.05, 0.1) is 19.0 Å². The van der Waals surface area contributed by atoms with Gasteiger partial charge in [-0.3, -0.25) is 4.99 Å². The Morgan fingerprint density at radius 2 is 2.33 bits per heavy atom. The van der Waals surface area contributed by atoms with Crippen molar-refractivity contribution < 1.29 is 4.74 Å². The molecule has 3 heteroatoms. The van der Waals surface area contributed by atoms with Crippen LogP contribution in [0.4, 0.5) is 0 Å². The van der Waals surface area contributed by atoms with E-state index in [1.165, 1.54) is 19.3 Å². The SMILES string of the molecule is C=C(C)COCCNC1=NCCCCC1. The van der Waals surface area contributed by atoms with Crippen LogP contribution in [0, 0.1) is 0 Å². The van der Waals surface area contributed by atoms with Crippen LogP contribution in [-0.4, -0.2) is 32.1 Å². The fourth-order valence-corrected chi connectivity index (χ4v) is 1.53. The Labute approximate surface area is 92.6 Å². The Hall–Kier alpha value is -0.830. The first-order valence-corrected chi connectivity index (χ1v) is 5.78. The van der Waals surface area contributed by atoms with Crippen molar-refractivity contribution in [1.29, 1.82) is 0 Å². The number of nitrogens with zero attached hydrogens (tertiary/aromatic N) is 1. The smallest absolute Gasteiger partial charge is 0.0963 e. The van der Waals surface area contributed by atoms with Gasteiger partial charge in [0.1, 0.15) is 0 Å². The van der Waals surface area contributed by atoms with Gasteiger partial charge in [0.25, 0.3) is 0 Å². The molecule has 0 aromatic heterocycles. The van der Waals surface area contributed by atoms with Crippen LogP contribution >= 0.6 is 0 Å². The molecule has 86 valence electrons. The largest absolute Gasteiger partial charge is 0.375 e. The molecule has 0 saturated heterocycles. The Bertz CT molecular complexity index is 224. The Balaban J connectivity index is 2.03. The third kappa shape index (κ3) is 6.28. The molecule has 1 aliphatic rings. The predicted molar refractivity (Wildman–Crippen MR) is 64.4 cm³/mol. The summed E-state index contributed by atoms with van der Waals surface area (Å²) in [5, 5.41) is 3.33. The second kappa shape index (κ2) is 7.46. The first-order chi connectivity index (χ1) is 7.29. The van der Waals surface area contributed by atoms with Gasteiger partial charge in [0, 0.05) is 19.5 Å². The number of hydrogen-bond acceptors (Lipinski definition) is 3. The highest BCUT2D eigenvalue weighted by molar-refractivity contribution is 5.82. The third-order valence-corrected chi connectivity index (χ3v) is 2.30. The normalized spacial score (nSPS) is 16.7. The molecule has 15 heavy (non-hydrogen) atoms. The lowest BCUT2D eigenvalue weighted by atomic mass is 10.2. The van der Waals surface area contributed by atoms with Gasteiger partial charge < -0.3 is 10.1 Å². The Morgan fingerprint density at radius 3 is 3.13 bits per heavy atom. The van der Waals surface area contributed by atoms with Crippen molar-refractivity contribution in [3.05, 3.63) is 12.2 Å². The number of nitrogens with one attached hydrogen (secondary N) is 1. The molecule has 1 heterocycles. The summed E-state index contributed by atoms with van der Waals surface area (Å²) in [6, 6.07) is 0. The maximum absolute atomic E-state index is 5.40. The van der Waals surface area contributed by atoms with Crippen molar-refractivity contribution in [3.63, 3.8) is 0 Å². The minimum Gasteiger partial charge on any atom is -0.375 e. The van der Waals surface area contributed by atoms with Crippen molar-refractivity contribution in [2.75, 3.05) is 26.3 Å². The van der Waals surface area contributed by atoms with E-state index >= 15 is 0 Å². The van der Waals surface area contributed by atoms with Gasteiger partial charge in [-0.1, -0.05) is 18.6 Å². The molecule has 0 fully saturated rings. The van der Waals surface area contributed by atoms with Gasteiger partial charge in [-0.05, 0) is 19.8 Å². The van der Waals surface area contributed by atoms with Crippen LogP contribution < -0.4 is 5.32 Å². The predicted octanol–water partition coefficient (Wildman–Crippen LogP) is 2.14. The third-order valence-electron chi connectivity index (χ3n) is 2.30. The van der Waals surface area contributed by atoms with Crippen LogP contribution in [0.3, 0.4) is 0 Å². The molecular weight excluding hydrogens is 188 g/mol. The fraction of sp³-hybridized carbons (Fsp3) is 0.750. The summed E-state index contributed by atoms with van der Waals surface area (Å²) in [6.07, 6.45) is 4.90. The maximum Gasteiger partial charge on any atom is 0.0963 e. The van der Waals surface area contributed by atoms with Gasteiger partial charge in [-0.15, -0.1) is 0 Å². The van der Waals surface area contributed by atoms with Crippen LogP contribution in [0.15, 0.2) is 17.1 Å². The highest BCUT2D eigenvalue weighted by atomic mass is 16.5. The number of ether oxygens (including phenoxy) is 1. The quantitative estimate of drug-likeness (QED) is 0.557. The van der Waals surface area contributed by atoms with Gasteiger partial charge in [-0.25, -0.2) is 0 Å². The van der Waals surface area contributed by atoms with E-state index in [4.69, 9.17) is 4.74 Å². The molecule has 1 rings (SSSR count). The molecule has 0 aliphatic carbocycles. The molecule has 1 N–H and O–H groups in total. The van der Waals surface area contributed by atoms with Gasteiger partial charge in [-0.2, -0.15) is 0 Å². The summed E-state index contributed by atoms with van der Waals surface area (Å²) in [5.74, 6) is 1.16. The molecule has 1 aliphatic heterocycles.